The molecule has 0 aliphatic rings. The lowest BCUT2D eigenvalue weighted by atomic mass is 10.1. The van der Waals surface area contributed by atoms with Gasteiger partial charge in [0, 0.05) is 17.6 Å². The maximum Gasteiger partial charge on any atom is 0.253 e. The molecule has 0 saturated carbocycles. The van der Waals surface area contributed by atoms with Crippen LogP contribution in [0.5, 0.6) is 0 Å². The van der Waals surface area contributed by atoms with Gasteiger partial charge in [0.05, 0.1) is 11.1 Å². The van der Waals surface area contributed by atoms with Gasteiger partial charge in [-0.25, -0.2) is 4.39 Å². The molecule has 0 aliphatic heterocycles. The van der Waals surface area contributed by atoms with E-state index >= 15 is 0 Å². The molecule has 1 amide bonds. The maximum atomic E-state index is 13.6. The highest BCUT2D eigenvalue weighted by Crippen LogP contribution is 2.23. The molecule has 1 heterocycles. The Labute approximate surface area is 104 Å². The summed E-state index contributed by atoms with van der Waals surface area (Å²) in [7, 11) is 0. The average Bonchev–Trinajstić information content (AvgIpc) is 2.67. The number of aromatic amines is 1. The topological polar surface area (TPSA) is 70.9 Å². The third-order valence-electron chi connectivity index (χ3n) is 2.86. The number of rotatable bonds is 4. The summed E-state index contributed by atoms with van der Waals surface area (Å²) in [6.45, 7) is 2.82. The van der Waals surface area contributed by atoms with E-state index in [9.17, 15) is 9.18 Å². The van der Waals surface area contributed by atoms with Crippen molar-refractivity contribution in [3.8, 4) is 0 Å². The molecule has 0 radical (unpaired) electrons. The predicted molar refractivity (Wildman–Crippen MR) is 69.0 cm³/mol. The van der Waals surface area contributed by atoms with Gasteiger partial charge in [0.25, 0.3) is 5.91 Å². The SMILES string of the molecule is Cc1[nH]c2c(F)cccc2c1C(=O)NCCCN. The number of nitrogens with one attached hydrogen (secondary N) is 2. The molecule has 0 aliphatic carbocycles. The molecule has 4 nitrogen and oxygen atoms in total. The summed E-state index contributed by atoms with van der Waals surface area (Å²) in [5.74, 6) is -0.547. The number of hydrogen-bond acceptors (Lipinski definition) is 2. The number of aromatic nitrogens is 1. The molecule has 2 aromatic rings. The quantitative estimate of drug-likeness (QED) is 0.722. The van der Waals surface area contributed by atoms with Gasteiger partial charge >= 0.3 is 0 Å². The summed E-state index contributed by atoms with van der Waals surface area (Å²) in [5.41, 5.74) is 6.91. The third kappa shape index (κ3) is 2.22. The van der Waals surface area contributed by atoms with E-state index in [-0.39, 0.29) is 11.7 Å². The number of carbonyl (C=O) groups excluding carboxylic acids is 1. The van der Waals surface area contributed by atoms with Crippen molar-refractivity contribution in [1.82, 2.24) is 10.3 Å². The number of H-pyrrole nitrogens is 1. The van der Waals surface area contributed by atoms with Crippen LogP contribution in [0.4, 0.5) is 4.39 Å². The Hall–Kier alpha value is -1.88. The molecule has 0 bridgehead atoms. The number of para-hydroxylation sites is 1. The number of hydrogen-bond donors (Lipinski definition) is 3. The molecular formula is C13H16FN3O. The van der Waals surface area contributed by atoms with E-state index in [2.05, 4.69) is 10.3 Å². The van der Waals surface area contributed by atoms with Crippen LogP contribution in [0.1, 0.15) is 22.5 Å². The number of fused-ring (bicyclic) bond motifs is 1. The molecule has 1 aromatic heterocycles. The van der Waals surface area contributed by atoms with Crippen molar-refractivity contribution in [2.24, 2.45) is 5.73 Å². The molecular weight excluding hydrogens is 233 g/mol. The number of carbonyl (C=O) groups is 1. The van der Waals surface area contributed by atoms with Gasteiger partial charge in [-0.3, -0.25) is 4.79 Å². The zero-order valence-electron chi connectivity index (χ0n) is 10.2. The maximum absolute atomic E-state index is 13.6. The van der Waals surface area contributed by atoms with Gasteiger partial charge in [-0.05, 0) is 26.0 Å². The lowest BCUT2D eigenvalue weighted by Crippen LogP contribution is -2.26. The molecule has 2 rings (SSSR count). The Morgan fingerprint density at radius 1 is 1.50 bits per heavy atom. The van der Waals surface area contributed by atoms with Crippen molar-refractivity contribution in [3.05, 3.63) is 35.3 Å². The second-order valence-electron chi connectivity index (χ2n) is 4.19. The predicted octanol–water partition coefficient (Wildman–Crippen LogP) is 1.69. The molecule has 0 spiro atoms. The second-order valence-corrected chi connectivity index (χ2v) is 4.19. The first-order valence-corrected chi connectivity index (χ1v) is 5.90. The number of amides is 1. The van der Waals surface area contributed by atoms with Gasteiger partial charge in [0.1, 0.15) is 5.82 Å². The first-order chi connectivity index (χ1) is 8.65. The lowest BCUT2D eigenvalue weighted by Gasteiger charge is -2.04. The molecule has 18 heavy (non-hydrogen) atoms. The molecule has 96 valence electrons. The smallest absolute Gasteiger partial charge is 0.253 e. The number of halogens is 1. The van der Waals surface area contributed by atoms with Crippen molar-refractivity contribution < 1.29 is 9.18 Å². The minimum Gasteiger partial charge on any atom is -0.356 e. The van der Waals surface area contributed by atoms with Gasteiger partial charge in [0.15, 0.2) is 0 Å². The molecule has 5 heteroatoms. The lowest BCUT2D eigenvalue weighted by molar-refractivity contribution is 0.0954. The minimum absolute atomic E-state index is 0.196. The summed E-state index contributed by atoms with van der Waals surface area (Å²) in [6, 6.07) is 4.70. The van der Waals surface area contributed by atoms with Crippen LogP contribution in [0.2, 0.25) is 0 Å². The van der Waals surface area contributed by atoms with Crippen LogP contribution in [-0.4, -0.2) is 24.0 Å². The van der Waals surface area contributed by atoms with Crippen LogP contribution >= 0.6 is 0 Å². The summed E-state index contributed by atoms with van der Waals surface area (Å²) in [5, 5.41) is 3.39. The highest BCUT2D eigenvalue weighted by atomic mass is 19.1. The zero-order valence-corrected chi connectivity index (χ0v) is 10.2. The third-order valence-corrected chi connectivity index (χ3v) is 2.86. The van der Waals surface area contributed by atoms with Crippen molar-refractivity contribution in [3.63, 3.8) is 0 Å². The number of benzene rings is 1. The van der Waals surface area contributed by atoms with E-state index < -0.39 is 0 Å². The Bertz CT molecular complexity index is 577. The van der Waals surface area contributed by atoms with E-state index in [0.717, 1.165) is 6.42 Å². The van der Waals surface area contributed by atoms with Gasteiger partial charge in [0.2, 0.25) is 0 Å². The number of aryl methyl sites for hydroxylation is 1. The summed E-state index contributed by atoms with van der Waals surface area (Å²) < 4.78 is 13.6. The van der Waals surface area contributed by atoms with Crippen LogP contribution in [-0.2, 0) is 0 Å². The van der Waals surface area contributed by atoms with E-state index in [1.54, 1.807) is 19.1 Å². The van der Waals surface area contributed by atoms with Gasteiger partial charge < -0.3 is 16.0 Å². The van der Waals surface area contributed by atoms with Crippen LogP contribution in [0.15, 0.2) is 18.2 Å². The molecule has 0 unspecified atom stereocenters. The fourth-order valence-electron chi connectivity index (χ4n) is 2.00. The molecule has 1 aromatic carbocycles. The van der Waals surface area contributed by atoms with E-state index in [1.807, 2.05) is 0 Å². The molecule has 4 N–H and O–H groups in total. The van der Waals surface area contributed by atoms with Crippen molar-refractivity contribution in [2.75, 3.05) is 13.1 Å². The largest absolute Gasteiger partial charge is 0.356 e. The highest BCUT2D eigenvalue weighted by molar-refractivity contribution is 6.08. The fraction of sp³-hybridized carbons (Fsp3) is 0.308. The Morgan fingerprint density at radius 3 is 3.00 bits per heavy atom. The van der Waals surface area contributed by atoms with Crippen LogP contribution in [0, 0.1) is 12.7 Å². The standard InChI is InChI=1S/C13H16FN3O/c1-8-11(13(18)16-7-3-6-15)9-4-2-5-10(14)12(9)17-8/h2,4-5,17H,3,6-7,15H2,1H3,(H,16,18). The Morgan fingerprint density at radius 2 is 2.28 bits per heavy atom. The van der Waals surface area contributed by atoms with E-state index in [0.29, 0.717) is 35.2 Å². The van der Waals surface area contributed by atoms with Gasteiger partial charge in [-0.15, -0.1) is 0 Å². The molecule has 0 saturated heterocycles. The minimum atomic E-state index is -0.350. The Kier molecular flexibility index (Phi) is 3.62. The van der Waals surface area contributed by atoms with Crippen LogP contribution < -0.4 is 11.1 Å². The summed E-state index contributed by atoms with van der Waals surface area (Å²) >= 11 is 0. The van der Waals surface area contributed by atoms with E-state index in [1.165, 1.54) is 6.07 Å². The highest BCUT2D eigenvalue weighted by Gasteiger charge is 2.17. The van der Waals surface area contributed by atoms with Crippen molar-refractivity contribution in [1.29, 1.82) is 0 Å². The van der Waals surface area contributed by atoms with Gasteiger partial charge in [-0.2, -0.15) is 0 Å². The van der Waals surface area contributed by atoms with Crippen LogP contribution in [0.3, 0.4) is 0 Å². The van der Waals surface area contributed by atoms with Crippen LogP contribution in [0.25, 0.3) is 10.9 Å². The summed E-state index contributed by atoms with van der Waals surface area (Å²) in [6.07, 6.45) is 0.724. The first kappa shape index (κ1) is 12.6. The second kappa shape index (κ2) is 5.18. The number of nitrogens with two attached hydrogens (primary N) is 1. The molecule has 0 fully saturated rings. The molecule has 0 atom stereocenters. The normalized spacial score (nSPS) is 10.8. The first-order valence-electron chi connectivity index (χ1n) is 5.90. The monoisotopic (exact) mass is 249 g/mol. The Balaban J connectivity index is 2.35. The zero-order chi connectivity index (χ0) is 13.1. The van der Waals surface area contributed by atoms with Crippen molar-refractivity contribution in [2.45, 2.75) is 13.3 Å². The fourth-order valence-corrected chi connectivity index (χ4v) is 2.00. The van der Waals surface area contributed by atoms with Crippen molar-refractivity contribution >= 4 is 16.8 Å². The summed E-state index contributed by atoms with van der Waals surface area (Å²) in [4.78, 5) is 14.9. The average molecular weight is 249 g/mol. The van der Waals surface area contributed by atoms with Gasteiger partial charge in [-0.1, -0.05) is 12.1 Å². The van der Waals surface area contributed by atoms with E-state index in [4.69, 9.17) is 5.73 Å².